The highest BCUT2D eigenvalue weighted by atomic mass is 19.1. The zero-order valence-electron chi connectivity index (χ0n) is 21.1. The van der Waals surface area contributed by atoms with Crippen LogP contribution in [-0.4, -0.2) is 49.5 Å². The van der Waals surface area contributed by atoms with Crippen LogP contribution in [0.25, 0.3) is 11.3 Å². The molecule has 1 aliphatic heterocycles. The number of rotatable bonds is 5. The second-order valence-corrected chi connectivity index (χ2v) is 9.82. The lowest BCUT2D eigenvalue weighted by molar-refractivity contribution is 0.0217. The standard InChI is InChI=1S/C26H29FN6O4/c1-15(34)22-21(16-7-9-17(10-8-16)24(35)30-20-14-18(27)11-12-29-20)31-23(33(22)28)19-6-5-13-32(19)25(36)37-26(2,3)4/h7-12,14,19H,5-6,13,28H2,1-4H3,(H,29,30,35)/t19-/m0/s1. The third-order valence-corrected chi connectivity index (χ3v) is 5.83. The number of benzene rings is 1. The summed E-state index contributed by atoms with van der Waals surface area (Å²) in [4.78, 5) is 48.1. The molecule has 1 atom stereocenters. The number of ketones is 1. The summed E-state index contributed by atoms with van der Waals surface area (Å²) < 4.78 is 20.2. The predicted molar refractivity (Wildman–Crippen MR) is 135 cm³/mol. The summed E-state index contributed by atoms with van der Waals surface area (Å²) in [5.41, 5.74) is 0.750. The van der Waals surface area contributed by atoms with Crippen molar-refractivity contribution >= 4 is 23.6 Å². The number of imidazole rings is 1. The number of halogens is 1. The van der Waals surface area contributed by atoms with Crippen LogP contribution in [0.4, 0.5) is 15.0 Å². The first-order valence-electron chi connectivity index (χ1n) is 11.9. The van der Waals surface area contributed by atoms with Gasteiger partial charge in [-0.15, -0.1) is 0 Å². The van der Waals surface area contributed by atoms with Crippen molar-refractivity contribution in [1.82, 2.24) is 19.5 Å². The fraction of sp³-hybridized carbons (Fsp3) is 0.346. The number of carbonyl (C=O) groups excluding carboxylic acids is 3. The van der Waals surface area contributed by atoms with E-state index in [1.807, 2.05) is 0 Å². The molecule has 3 N–H and O–H groups in total. The molecule has 3 heterocycles. The van der Waals surface area contributed by atoms with E-state index >= 15 is 0 Å². The summed E-state index contributed by atoms with van der Waals surface area (Å²) in [6.07, 6.45) is 2.15. The molecule has 3 aromatic rings. The smallest absolute Gasteiger partial charge is 0.410 e. The monoisotopic (exact) mass is 508 g/mol. The Morgan fingerprint density at radius 1 is 1.16 bits per heavy atom. The number of hydrogen-bond acceptors (Lipinski definition) is 7. The number of amides is 2. The molecule has 0 radical (unpaired) electrons. The van der Waals surface area contributed by atoms with Gasteiger partial charge in [0.25, 0.3) is 5.91 Å². The molecule has 2 amide bonds. The molecule has 4 rings (SSSR count). The predicted octanol–water partition coefficient (Wildman–Crippen LogP) is 4.32. The van der Waals surface area contributed by atoms with Crippen molar-refractivity contribution < 1.29 is 23.5 Å². The van der Waals surface area contributed by atoms with E-state index in [1.165, 1.54) is 23.9 Å². The number of nitrogen functional groups attached to an aromatic ring is 1. The fourth-order valence-electron chi connectivity index (χ4n) is 4.24. The number of pyridine rings is 1. The quantitative estimate of drug-likeness (QED) is 0.387. The average Bonchev–Trinajstić information content (AvgIpc) is 3.42. The third kappa shape index (κ3) is 5.60. The molecule has 0 saturated carbocycles. The van der Waals surface area contributed by atoms with Crippen LogP contribution in [0.1, 0.15) is 73.2 Å². The van der Waals surface area contributed by atoms with Gasteiger partial charge in [-0.2, -0.15) is 0 Å². The molecule has 11 heteroatoms. The van der Waals surface area contributed by atoms with Crippen molar-refractivity contribution in [3.05, 3.63) is 65.5 Å². The summed E-state index contributed by atoms with van der Waals surface area (Å²) in [6, 6.07) is 8.26. The van der Waals surface area contributed by atoms with Gasteiger partial charge in [-0.3, -0.25) is 14.5 Å². The number of anilines is 1. The zero-order valence-corrected chi connectivity index (χ0v) is 21.1. The van der Waals surface area contributed by atoms with E-state index in [9.17, 15) is 18.8 Å². The van der Waals surface area contributed by atoms with E-state index < -0.39 is 29.5 Å². The molecule has 194 valence electrons. The highest BCUT2D eigenvalue weighted by Gasteiger charge is 2.37. The number of ether oxygens (including phenoxy) is 1. The first kappa shape index (κ1) is 25.8. The SMILES string of the molecule is CC(=O)c1c(-c2ccc(C(=O)Nc3cc(F)ccn3)cc2)nc([C@@H]2CCCN2C(=O)OC(C)(C)C)n1N. The van der Waals surface area contributed by atoms with E-state index in [2.05, 4.69) is 15.3 Å². The highest BCUT2D eigenvalue weighted by Crippen LogP contribution is 2.35. The molecule has 37 heavy (non-hydrogen) atoms. The number of nitrogens with one attached hydrogen (secondary N) is 1. The Morgan fingerprint density at radius 3 is 2.49 bits per heavy atom. The minimum Gasteiger partial charge on any atom is -0.444 e. The molecule has 1 fully saturated rings. The van der Waals surface area contributed by atoms with Crippen molar-refractivity contribution in [3.8, 4) is 11.3 Å². The third-order valence-electron chi connectivity index (χ3n) is 5.83. The molecule has 0 aliphatic carbocycles. The number of nitrogens with two attached hydrogens (primary N) is 1. The van der Waals surface area contributed by atoms with Crippen molar-refractivity contribution in [3.63, 3.8) is 0 Å². The molecule has 0 spiro atoms. The maximum absolute atomic E-state index is 13.4. The van der Waals surface area contributed by atoms with E-state index in [1.54, 1.807) is 49.9 Å². The maximum Gasteiger partial charge on any atom is 0.410 e. The van der Waals surface area contributed by atoms with E-state index in [-0.39, 0.29) is 17.3 Å². The van der Waals surface area contributed by atoms with Crippen LogP contribution in [0.15, 0.2) is 42.6 Å². The second kappa shape index (κ2) is 10.00. The van der Waals surface area contributed by atoms with Crippen LogP contribution in [-0.2, 0) is 4.74 Å². The van der Waals surface area contributed by atoms with Crippen molar-refractivity contribution in [2.75, 3.05) is 17.7 Å². The molecule has 0 unspecified atom stereocenters. The van der Waals surface area contributed by atoms with Crippen molar-refractivity contribution in [2.24, 2.45) is 0 Å². The number of Topliss-reactive ketones (excluding diaryl/α,β-unsaturated/α-hetero) is 1. The van der Waals surface area contributed by atoms with Crippen LogP contribution < -0.4 is 11.2 Å². The molecule has 1 aliphatic rings. The van der Waals surface area contributed by atoms with Gasteiger partial charge < -0.3 is 15.9 Å². The lowest BCUT2D eigenvalue weighted by Gasteiger charge is -2.28. The number of nitrogens with zero attached hydrogens (tertiary/aromatic N) is 4. The topological polar surface area (TPSA) is 132 Å². The highest BCUT2D eigenvalue weighted by molar-refractivity contribution is 6.04. The molecular weight excluding hydrogens is 479 g/mol. The minimum absolute atomic E-state index is 0.0885. The Hall–Kier alpha value is -4.28. The maximum atomic E-state index is 13.4. The Labute approximate surface area is 213 Å². The largest absolute Gasteiger partial charge is 0.444 e. The van der Waals surface area contributed by atoms with E-state index in [0.717, 1.165) is 12.5 Å². The lowest BCUT2D eigenvalue weighted by Crippen LogP contribution is -2.37. The van der Waals surface area contributed by atoms with Crippen LogP contribution in [0, 0.1) is 5.82 Å². The van der Waals surface area contributed by atoms with E-state index in [0.29, 0.717) is 35.6 Å². The normalized spacial score (nSPS) is 15.5. The summed E-state index contributed by atoms with van der Waals surface area (Å²) in [7, 11) is 0. The molecule has 2 aromatic heterocycles. The van der Waals surface area contributed by atoms with Crippen molar-refractivity contribution in [2.45, 2.75) is 52.2 Å². The van der Waals surface area contributed by atoms with Gasteiger partial charge in [0.15, 0.2) is 11.6 Å². The van der Waals surface area contributed by atoms with Gasteiger partial charge >= 0.3 is 6.09 Å². The zero-order chi connectivity index (χ0) is 26.9. The molecule has 1 aromatic carbocycles. The minimum atomic E-state index is -0.656. The molecular formula is C26H29FN6O4. The average molecular weight is 509 g/mol. The lowest BCUT2D eigenvalue weighted by atomic mass is 10.1. The Bertz CT molecular complexity index is 1350. The van der Waals surface area contributed by atoms with Crippen molar-refractivity contribution in [1.29, 1.82) is 0 Å². The Kier molecular flexibility index (Phi) is 6.97. The second-order valence-electron chi connectivity index (χ2n) is 9.82. The summed E-state index contributed by atoms with van der Waals surface area (Å²) in [6.45, 7) is 7.27. The van der Waals surface area contributed by atoms with Gasteiger partial charge in [0.05, 0.1) is 6.04 Å². The van der Waals surface area contributed by atoms with Gasteiger partial charge in [0.1, 0.15) is 28.6 Å². The molecule has 0 bridgehead atoms. The van der Waals surface area contributed by atoms with Gasteiger partial charge in [-0.25, -0.2) is 23.8 Å². The van der Waals surface area contributed by atoms with Gasteiger partial charge in [-0.05, 0) is 51.8 Å². The summed E-state index contributed by atoms with van der Waals surface area (Å²) >= 11 is 0. The fourth-order valence-corrected chi connectivity index (χ4v) is 4.24. The summed E-state index contributed by atoms with van der Waals surface area (Å²) in [5.74, 6) is 5.52. The molecule has 1 saturated heterocycles. The molecule has 10 nitrogen and oxygen atoms in total. The number of aromatic nitrogens is 3. The Balaban J connectivity index is 1.62. The van der Waals surface area contributed by atoms with Crippen LogP contribution in [0.5, 0.6) is 0 Å². The number of likely N-dealkylation sites (tertiary alicyclic amines) is 1. The van der Waals surface area contributed by atoms with E-state index in [4.69, 9.17) is 10.6 Å². The van der Waals surface area contributed by atoms with Gasteiger partial charge in [-0.1, -0.05) is 12.1 Å². The number of hydrogen-bond donors (Lipinski definition) is 2. The Morgan fingerprint density at radius 2 is 1.86 bits per heavy atom. The first-order chi connectivity index (χ1) is 17.4. The van der Waals surface area contributed by atoms with Gasteiger partial charge in [0, 0.05) is 36.9 Å². The number of carbonyl (C=O) groups is 3. The van der Waals surface area contributed by atoms with Crippen LogP contribution in [0.2, 0.25) is 0 Å². The summed E-state index contributed by atoms with van der Waals surface area (Å²) in [5, 5.41) is 2.54. The first-order valence-corrected chi connectivity index (χ1v) is 11.9. The van der Waals surface area contributed by atoms with Crippen LogP contribution in [0.3, 0.4) is 0 Å². The van der Waals surface area contributed by atoms with Crippen LogP contribution >= 0.6 is 0 Å². The van der Waals surface area contributed by atoms with Gasteiger partial charge in [0.2, 0.25) is 0 Å².